The summed E-state index contributed by atoms with van der Waals surface area (Å²) in [6, 6.07) is 8.91. The van der Waals surface area contributed by atoms with Crippen LogP contribution in [0, 0.1) is 11.3 Å². The van der Waals surface area contributed by atoms with E-state index in [0.29, 0.717) is 5.02 Å². The summed E-state index contributed by atoms with van der Waals surface area (Å²) >= 11 is 5.96. The number of carbonyl (C=O) groups excluding carboxylic acids is 1. The lowest BCUT2D eigenvalue weighted by molar-refractivity contribution is -0.120. The number of carbonyl (C=O) groups is 1. The molecular formula is C11H11ClN2O. The maximum absolute atomic E-state index is 11.2. The van der Waals surface area contributed by atoms with E-state index in [9.17, 15) is 4.79 Å². The lowest BCUT2D eigenvalue weighted by atomic mass is 10.1. The molecular weight excluding hydrogens is 212 g/mol. The Morgan fingerprint density at radius 3 is 2.87 bits per heavy atom. The molecule has 1 N–H and O–H groups in total. The van der Waals surface area contributed by atoms with Crippen LogP contribution in [0.4, 0.5) is 0 Å². The van der Waals surface area contributed by atoms with Crippen LogP contribution in [0.1, 0.15) is 24.9 Å². The van der Waals surface area contributed by atoms with Gasteiger partial charge in [-0.05, 0) is 18.6 Å². The van der Waals surface area contributed by atoms with E-state index >= 15 is 0 Å². The molecule has 1 unspecified atom stereocenters. The van der Waals surface area contributed by atoms with E-state index in [4.69, 9.17) is 16.9 Å². The van der Waals surface area contributed by atoms with E-state index < -0.39 is 0 Å². The van der Waals surface area contributed by atoms with Crippen LogP contribution in [-0.2, 0) is 4.79 Å². The molecule has 3 nitrogen and oxygen atoms in total. The van der Waals surface area contributed by atoms with Crippen molar-refractivity contribution in [2.45, 2.75) is 19.4 Å². The first-order valence-corrected chi connectivity index (χ1v) is 4.93. The highest BCUT2D eigenvalue weighted by Gasteiger charge is 2.11. The van der Waals surface area contributed by atoms with Gasteiger partial charge in [0.1, 0.15) is 6.42 Å². The van der Waals surface area contributed by atoms with Gasteiger partial charge < -0.3 is 5.32 Å². The van der Waals surface area contributed by atoms with Crippen molar-refractivity contribution in [3.63, 3.8) is 0 Å². The van der Waals surface area contributed by atoms with Crippen LogP contribution in [0.3, 0.4) is 0 Å². The molecule has 0 aliphatic heterocycles. The van der Waals surface area contributed by atoms with Crippen molar-refractivity contribution < 1.29 is 4.79 Å². The van der Waals surface area contributed by atoms with Crippen molar-refractivity contribution in [3.05, 3.63) is 34.9 Å². The Hall–Kier alpha value is -1.53. The van der Waals surface area contributed by atoms with Gasteiger partial charge in [0.25, 0.3) is 0 Å². The quantitative estimate of drug-likeness (QED) is 0.854. The topological polar surface area (TPSA) is 52.9 Å². The third-order valence-electron chi connectivity index (χ3n) is 1.99. The Bertz CT molecular complexity index is 398. The molecule has 1 atom stereocenters. The molecule has 1 aromatic carbocycles. The number of amides is 1. The zero-order valence-electron chi connectivity index (χ0n) is 8.33. The molecule has 0 aliphatic carbocycles. The Balaban J connectivity index is 2.70. The van der Waals surface area contributed by atoms with Gasteiger partial charge in [0, 0.05) is 5.02 Å². The van der Waals surface area contributed by atoms with Gasteiger partial charge in [-0.15, -0.1) is 0 Å². The molecule has 0 spiro atoms. The monoisotopic (exact) mass is 222 g/mol. The van der Waals surface area contributed by atoms with Crippen molar-refractivity contribution in [2.75, 3.05) is 0 Å². The van der Waals surface area contributed by atoms with E-state index in [2.05, 4.69) is 5.32 Å². The molecule has 0 saturated carbocycles. The lowest BCUT2D eigenvalue weighted by Gasteiger charge is -2.14. The molecule has 4 heteroatoms. The van der Waals surface area contributed by atoms with Crippen molar-refractivity contribution in [3.8, 4) is 6.07 Å². The number of nitrogens with one attached hydrogen (secondary N) is 1. The standard InChI is InChI=1S/C11H11ClN2O/c1-8(14-11(15)6-7-13)9-4-2-3-5-10(9)12/h2-5,8H,6H2,1H3,(H,14,15). The number of nitrogens with zero attached hydrogens (tertiary/aromatic N) is 1. The Kier molecular flexibility index (Phi) is 4.14. The first-order valence-electron chi connectivity index (χ1n) is 4.56. The fourth-order valence-corrected chi connectivity index (χ4v) is 1.57. The van der Waals surface area contributed by atoms with E-state index in [0.717, 1.165) is 5.56 Å². The van der Waals surface area contributed by atoms with Crippen LogP contribution in [0.15, 0.2) is 24.3 Å². The van der Waals surface area contributed by atoms with Crippen LogP contribution < -0.4 is 5.32 Å². The molecule has 0 aliphatic rings. The smallest absolute Gasteiger partial charge is 0.234 e. The van der Waals surface area contributed by atoms with Crippen LogP contribution in [0.25, 0.3) is 0 Å². The summed E-state index contributed by atoms with van der Waals surface area (Å²) in [4.78, 5) is 11.2. The highest BCUT2D eigenvalue weighted by atomic mass is 35.5. The molecule has 0 saturated heterocycles. The second-order valence-electron chi connectivity index (χ2n) is 3.15. The Morgan fingerprint density at radius 1 is 1.60 bits per heavy atom. The molecule has 1 amide bonds. The Labute approximate surface area is 93.7 Å². The highest BCUT2D eigenvalue weighted by Crippen LogP contribution is 2.21. The predicted octanol–water partition coefficient (Wildman–Crippen LogP) is 2.43. The van der Waals surface area contributed by atoms with E-state index in [1.54, 1.807) is 12.1 Å². The summed E-state index contributed by atoms with van der Waals surface area (Å²) < 4.78 is 0. The second kappa shape index (κ2) is 5.38. The van der Waals surface area contributed by atoms with Crippen molar-refractivity contribution in [2.24, 2.45) is 0 Å². The number of rotatable bonds is 3. The van der Waals surface area contributed by atoms with Gasteiger partial charge in [0.05, 0.1) is 12.1 Å². The maximum Gasteiger partial charge on any atom is 0.234 e. The molecule has 1 aromatic rings. The minimum atomic E-state index is -0.287. The van der Waals surface area contributed by atoms with Gasteiger partial charge >= 0.3 is 0 Å². The fourth-order valence-electron chi connectivity index (χ4n) is 1.27. The average molecular weight is 223 g/mol. The predicted molar refractivity (Wildman–Crippen MR) is 58.2 cm³/mol. The van der Waals surface area contributed by atoms with Gasteiger partial charge in [-0.1, -0.05) is 29.8 Å². The van der Waals surface area contributed by atoms with Gasteiger partial charge in [-0.25, -0.2) is 0 Å². The maximum atomic E-state index is 11.2. The number of hydrogen-bond acceptors (Lipinski definition) is 2. The zero-order chi connectivity index (χ0) is 11.3. The molecule has 0 radical (unpaired) electrons. The van der Waals surface area contributed by atoms with E-state index in [-0.39, 0.29) is 18.4 Å². The average Bonchev–Trinajstić information content (AvgIpc) is 2.18. The van der Waals surface area contributed by atoms with E-state index in [1.807, 2.05) is 25.1 Å². The highest BCUT2D eigenvalue weighted by molar-refractivity contribution is 6.31. The summed E-state index contributed by atoms with van der Waals surface area (Å²) in [6.45, 7) is 1.83. The van der Waals surface area contributed by atoms with E-state index in [1.165, 1.54) is 0 Å². The molecule has 0 bridgehead atoms. The van der Waals surface area contributed by atoms with Gasteiger partial charge in [-0.3, -0.25) is 4.79 Å². The Morgan fingerprint density at radius 2 is 2.27 bits per heavy atom. The molecule has 0 heterocycles. The number of halogens is 1. The molecule has 0 aromatic heterocycles. The third-order valence-corrected chi connectivity index (χ3v) is 2.33. The normalized spacial score (nSPS) is 11.5. The minimum Gasteiger partial charge on any atom is -0.349 e. The molecule has 1 rings (SSSR count). The van der Waals surface area contributed by atoms with Crippen molar-refractivity contribution >= 4 is 17.5 Å². The SMILES string of the molecule is CC(NC(=O)CC#N)c1ccccc1Cl. The van der Waals surface area contributed by atoms with Crippen molar-refractivity contribution in [1.29, 1.82) is 5.26 Å². The van der Waals surface area contributed by atoms with Crippen LogP contribution in [0.2, 0.25) is 5.02 Å². The third kappa shape index (κ3) is 3.26. The molecule has 78 valence electrons. The summed E-state index contributed by atoms with van der Waals surface area (Å²) in [5.41, 5.74) is 0.852. The summed E-state index contributed by atoms with van der Waals surface area (Å²) in [6.07, 6.45) is -0.130. The van der Waals surface area contributed by atoms with Crippen LogP contribution in [0.5, 0.6) is 0 Å². The summed E-state index contributed by atoms with van der Waals surface area (Å²) in [7, 11) is 0. The number of benzene rings is 1. The largest absolute Gasteiger partial charge is 0.349 e. The van der Waals surface area contributed by atoms with Gasteiger partial charge in [-0.2, -0.15) is 5.26 Å². The fraction of sp³-hybridized carbons (Fsp3) is 0.273. The number of hydrogen-bond donors (Lipinski definition) is 1. The summed E-state index contributed by atoms with van der Waals surface area (Å²) in [5.74, 6) is -0.287. The first-order chi connectivity index (χ1) is 7.15. The lowest BCUT2D eigenvalue weighted by Crippen LogP contribution is -2.26. The minimum absolute atomic E-state index is 0.130. The zero-order valence-corrected chi connectivity index (χ0v) is 9.08. The number of nitriles is 1. The molecule has 0 fully saturated rings. The second-order valence-corrected chi connectivity index (χ2v) is 3.55. The van der Waals surface area contributed by atoms with Gasteiger partial charge in [0.2, 0.25) is 5.91 Å². The van der Waals surface area contributed by atoms with Crippen molar-refractivity contribution in [1.82, 2.24) is 5.32 Å². The van der Waals surface area contributed by atoms with Crippen LogP contribution in [-0.4, -0.2) is 5.91 Å². The van der Waals surface area contributed by atoms with Gasteiger partial charge in [0.15, 0.2) is 0 Å². The summed E-state index contributed by atoms with van der Waals surface area (Å²) in [5, 5.41) is 11.6. The molecule has 15 heavy (non-hydrogen) atoms. The van der Waals surface area contributed by atoms with Crippen LogP contribution >= 0.6 is 11.6 Å². The first kappa shape index (κ1) is 11.5.